The predicted octanol–water partition coefficient (Wildman–Crippen LogP) is 3.54. The summed E-state index contributed by atoms with van der Waals surface area (Å²) in [6.07, 6.45) is 5.60. The number of aryl methyl sites for hydroxylation is 2. The Balaban J connectivity index is 1.53. The van der Waals surface area contributed by atoms with Crippen LogP contribution >= 0.6 is 11.8 Å². The van der Waals surface area contributed by atoms with Crippen molar-refractivity contribution in [2.24, 2.45) is 0 Å². The maximum atomic E-state index is 12.3. The van der Waals surface area contributed by atoms with Gasteiger partial charge in [-0.25, -0.2) is 0 Å². The molecular weight excluding hydrogens is 332 g/mol. The summed E-state index contributed by atoms with van der Waals surface area (Å²) in [4.78, 5) is 12.3. The fraction of sp³-hybridized carbons (Fsp3) is 0.526. The van der Waals surface area contributed by atoms with Gasteiger partial charge in [-0.2, -0.15) is 0 Å². The van der Waals surface area contributed by atoms with Crippen molar-refractivity contribution >= 4 is 17.7 Å². The van der Waals surface area contributed by atoms with Gasteiger partial charge in [0.15, 0.2) is 5.16 Å². The lowest BCUT2D eigenvalue weighted by atomic mass is 10.1. The van der Waals surface area contributed by atoms with E-state index in [4.69, 9.17) is 0 Å². The molecule has 0 spiro atoms. The Morgan fingerprint density at radius 1 is 1.24 bits per heavy atom. The third-order valence-corrected chi connectivity index (χ3v) is 5.64. The molecule has 1 aliphatic rings. The van der Waals surface area contributed by atoms with Crippen LogP contribution in [-0.2, 0) is 24.2 Å². The number of hydrogen-bond donors (Lipinski definition) is 1. The summed E-state index contributed by atoms with van der Waals surface area (Å²) in [6, 6.07) is 8.44. The van der Waals surface area contributed by atoms with Crippen molar-refractivity contribution < 1.29 is 4.79 Å². The molecule has 1 N–H and O–H groups in total. The Labute approximate surface area is 153 Å². The van der Waals surface area contributed by atoms with Gasteiger partial charge in [0.1, 0.15) is 5.82 Å². The lowest BCUT2D eigenvalue weighted by Gasteiger charge is -2.14. The van der Waals surface area contributed by atoms with Gasteiger partial charge in [0.25, 0.3) is 0 Å². The number of amides is 1. The fourth-order valence-corrected chi connectivity index (χ4v) is 3.90. The van der Waals surface area contributed by atoms with E-state index in [2.05, 4.69) is 51.3 Å². The Hall–Kier alpha value is -1.82. The van der Waals surface area contributed by atoms with E-state index >= 15 is 0 Å². The lowest BCUT2D eigenvalue weighted by Crippen LogP contribution is -2.28. The van der Waals surface area contributed by atoms with E-state index < -0.39 is 0 Å². The van der Waals surface area contributed by atoms with E-state index in [0.717, 1.165) is 42.4 Å². The molecule has 2 heterocycles. The van der Waals surface area contributed by atoms with Gasteiger partial charge in [-0.15, -0.1) is 10.2 Å². The largest absolute Gasteiger partial charge is 0.349 e. The SMILES string of the molecule is CCc1ccc([C@@H](C)NC(=O)CSc2nnc3n2CCCCC3)cc1. The number of aromatic nitrogens is 3. The highest BCUT2D eigenvalue weighted by Gasteiger charge is 2.17. The van der Waals surface area contributed by atoms with Crippen LogP contribution in [0.15, 0.2) is 29.4 Å². The summed E-state index contributed by atoms with van der Waals surface area (Å²) in [5.74, 6) is 1.46. The molecule has 0 radical (unpaired) electrons. The molecule has 25 heavy (non-hydrogen) atoms. The molecule has 1 aromatic heterocycles. The summed E-state index contributed by atoms with van der Waals surface area (Å²) in [5, 5.41) is 12.5. The molecule has 5 nitrogen and oxygen atoms in total. The third-order valence-electron chi connectivity index (χ3n) is 4.67. The number of carbonyl (C=O) groups excluding carboxylic acids is 1. The van der Waals surface area contributed by atoms with Crippen LogP contribution < -0.4 is 5.32 Å². The van der Waals surface area contributed by atoms with E-state index in [1.54, 1.807) is 0 Å². The Kier molecular flexibility index (Phi) is 6.13. The van der Waals surface area contributed by atoms with Crippen molar-refractivity contribution in [2.45, 2.75) is 63.7 Å². The minimum atomic E-state index is 0.00882. The quantitative estimate of drug-likeness (QED) is 0.803. The molecule has 0 fully saturated rings. The summed E-state index contributed by atoms with van der Waals surface area (Å²) < 4.78 is 2.18. The standard InChI is InChI=1S/C19H26N4OS/c1-3-15-8-10-16(11-9-15)14(2)20-18(24)13-25-19-22-21-17-7-5-4-6-12-23(17)19/h8-11,14H,3-7,12-13H2,1-2H3,(H,20,24)/t14-/m1/s1. The van der Waals surface area contributed by atoms with E-state index in [9.17, 15) is 4.79 Å². The number of thioether (sulfide) groups is 1. The molecule has 1 aromatic carbocycles. The van der Waals surface area contributed by atoms with E-state index in [1.165, 1.54) is 30.2 Å². The van der Waals surface area contributed by atoms with Crippen LogP contribution in [0, 0.1) is 0 Å². The molecule has 0 bridgehead atoms. The Morgan fingerprint density at radius 2 is 2.04 bits per heavy atom. The van der Waals surface area contributed by atoms with Gasteiger partial charge < -0.3 is 9.88 Å². The lowest BCUT2D eigenvalue weighted by molar-refractivity contribution is -0.119. The maximum Gasteiger partial charge on any atom is 0.230 e. The van der Waals surface area contributed by atoms with Crippen molar-refractivity contribution in [3.05, 3.63) is 41.2 Å². The third kappa shape index (κ3) is 4.63. The van der Waals surface area contributed by atoms with E-state index in [-0.39, 0.29) is 11.9 Å². The second kappa shape index (κ2) is 8.52. The van der Waals surface area contributed by atoms with Gasteiger partial charge in [-0.1, -0.05) is 49.4 Å². The average molecular weight is 359 g/mol. The minimum absolute atomic E-state index is 0.00882. The van der Waals surface area contributed by atoms with Gasteiger partial charge in [-0.05, 0) is 37.3 Å². The van der Waals surface area contributed by atoms with Crippen molar-refractivity contribution in [2.75, 3.05) is 5.75 Å². The number of carbonyl (C=O) groups is 1. The van der Waals surface area contributed by atoms with Crippen molar-refractivity contribution in [1.29, 1.82) is 0 Å². The number of hydrogen-bond acceptors (Lipinski definition) is 4. The number of fused-ring (bicyclic) bond motifs is 1. The first kappa shape index (κ1) is 18.0. The van der Waals surface area contributed by atoms with Crippen LogP contribution in [0.4, 0.5) is 0 Å². The van der Waals surface area contributed by atoms with Crippen LogP contribution in [0.5, 0.6) is 0 Å². The zero-order valence-corrected chi connectivity index (χ0v) is 15.8. The van der Waals surface area contributed by atoms with Crippen molar-refractivity contribution in [3.63, 3.8) is 0 Å². The molecule has 0 saturated heterocycles. The summed E-state index contributed by atoms with van der Waals surface area (Å²) in [6.45, 7) is 5.13. The topological polar surface area (TPSA) is 59.8 Å². The number of nitrogens with zero attached hydrogens (tertiary/aromatic N) is 3. The molecule has 0 unspecified atom stereocenters. The van der Waals surface area contributed by atoms with E-state index in [1.807, 2.05) is 6.92 Å². The monoisotopic (exact) mass is 358 g/mol. The first-order chi connectivity index (χ1) is 12.2. The van der Waals surface area contributed by atoms with Crippen LogP contribution in [0.1, 0.15) is 56.1 Å². The van der Waals surface area contributed by atoms with Crippen LogP contribution in [-0.4, -0.2) is 26.4 Å². The summed E-state index contributed by atoms with van der Waals surface area (Å²) in [5.41, 5.74) is 2.44. The average Bonchev–Trinajstić information content (AvgIpc) is 2.86. The van der Waals surface area contributed by atoms with Crippen molar-refractivity contribution in [3.8, 4) is 0 Å². The number of benzene rings is 1. The van der Waals surface area contributed by atoms with Gasteiger partial charge in [0, 0.05) is 13.0 Å². The fourth-order valence-electron chi connectivity index (χ4n) is 3.10. The molecule has 0 aliphatic carbocycles. The first-order valence-corrected chi connectivity index (χ1v) is 10.1. The highest BCUT2D eigenvalue weighted by Crippen LogP contribution is 2.22. The summed E-state index contributed by atoms with van der Waals surface area (Å²) >= 11 is 1.48. The second-order valence-electron chi connectivity index (χ2n) is 6.53. The Morgan fingerprint density at radius 3 is 2.80 bits per heavy atom. The second-order valence-corrected chi connectivity index (χ2v) is 7.48. The maximum absolute atomic E-state index is 12.3. The van der Waals surface area contributed by atoms with Gasteiger partial charge >= 0.3 is 0 Å². The Bertz CT molecular complexity index is 711. The molecule has 1 aliphatic heterocycles. The molecule has 3 rings (SSSR count). The summed E-state index contributed by atoms with van der Waals surface area (Å²) in [7, 11) is 0. The van der Waals surface area contributed by atoms with Gasteiger partial charge in [0.2, 0.25) is 5.91 Å². The zero-order valence-electron chi connectivity index (χ0n) is 15.0. The number of nitrogens with one attached hydrogen (secondary N) is 1. The smallest absolute Gasteiger partial charge is 0.230 e. The highest BCUT2D eigenvalue weighted by atomic mass is 32.2. The molecular formula is C19H26N4OS. The molecule has 134 valence electrons. The molecule has 0 saturated carbocycles. The minimum Gasteiger partial charge on any atom is -0.349 e. The number of rotatable bonds is 6. The highest BCUT2D eigenvalue weighted by molar-refractivity contribution is 7.99. The molecule has 2 aromatic rings. The molecule has 1 atom stereocenters. The predicted molar refractivity (Wildman–Crippen MR) is 101 cm³/mol. The first-order valence-electron chi connectivity index (χ1n) is 9.10. The molecule has 1 amide bonds. The van der Waals surface area contributed by atoms with Crippen LogP contribution in [0.2, 0.25) is 0 Å². The van der Waals surface area contributed by atoms with Crippen molar-refractivity contribution in [1.82, 2.24) is 20.1 Å². The van der Waals surface area contributed by atoms with E-state index in [0.29, 0.717) is 5.75 Å². The van der Waals surface area contributed by atoms with Gasteiger partial charge in [-0.3, -0.25) is 4.79 Å². The normalized spacial score (nSPS) is 15.3. The molecule has 6 heteroatoms. The zero-order chi connectivity index (χ0) is 17.6. The van der Waals surface area contributed by atoms with Gasteiger partial charge in [0.05, 0.1) is 11.8 Å². The van der Waals surface area contributed by atoms with Crippen LogP contribution in [0.25, 0.3) is 0 Å². The van der Waals surface area contributed by atoms with Crippen LogP contribution in [0.3, 0.4) is 0 Å².